The Bertz CT molecular complexity index is 1060. The highest BCUT2D eigenvalue weighted by molar-refractivity contribution is 5.79. The van der Waals surface area contributed by atoms with Gasteiger partial charge in [-0.2, -0.15) is 0 Å². The van der Waals surface area contributed by atoms with Gasteiger partial charge in [0.2, 0.25) is 11.2 Å². The van der Waals surface area contributed by atoms with Gasteiger partial charge in [-0.1, -0.05) is 39.0 Å². The van der Waals surface area contributed by atoms with Gasteiger partial charge in [-0.3, -0.25) is 9.59 Å². The minimum atomic E-state index is -0.940. The van der Waals surface area contributed by atoms with Gasteiger partial charge in [0, 0.05) is 11.6 Å². The van der Waals surface area contributed by atoms with Gasteiger partial charge in [-0.25, -0.2) is 0 Å². The minimum absolute atomic E-state index is 0.0376. The topological polar surface area (TPSA) is 86.0 Å². The number of para-hydroxylation sites is 1. The molecule has 3 aromatic rings. The van der Waals surface area contributed by atoms with Crippen LogP contribution in [0.5, 0.6) is 17.2 Å². The molecule has 6 heteroatoms. The first-order valence-corrected chi connectivity index (χ1v) is 8.93. The number of hydrogen-bond acceptors (Lipinski definition) is 5. The van der Waals surface area contributed by atoms with Crippen molar-refractivity contribution in [1.29, 1.82) is 0 Å². The molecule has 3 rings (SSSR count). The fourth-order valence-electron chi connectivity index (χ4n) is 2.80. The molecule has 6 nitrogen and oxygen atoms in total. The van der Waals surface area contributed by atoms with Crippen molar-refractivity contribution in [3.63, 3.8) is 0 Å². The smallest absolute Gasteiger partial charge is 0.306 e. The van der Waals surface area contributed by atoms with Gasteiger partial charge in [0.05, 0.1) is 18.4 Å². The first-order valence-electron chi connectivity index (χ1n) is 8.93. The third-order valence-corrected chi connectivity index (χ3v) is 4.21. The maximum absolute atomic E-state index is 12.8. The van der Waals surface area contributed by atoms with Crippen molar-refractivity contribution in [1.82, 2.24) is 0 Å². The van der Waals surface area contributed by atoms with E-state index < -0.39 is 5.97 Å². The Hall–Kier alpha value is -3.28. The summed E-state index contributed by atoms with van der Waals surface area (Å²) in [6, 6.07) is 12.3. The maximum Gasteiger partial charge on any atom is 0.306 e. The fraction of sp³-hybridized carbons (Fsp3) is 0.273. The molecule has 1 N–H and O–H groups in total. The summed E-state index contributed by atoms with van der Waals surface area (Å²) in [5, 5.41) is 9.02. The molecule has 0 aliphatic carbocycles. The highest BCUT2D eigenvalue weighted by Gasteiger charge is 2.20. The van der Waals surface area contributed by atoms with Crippen LogP contribution in [0.1, 0.15) is 32.8 Å². The van der Waals surface area contributed by atoms with Crippen LogP contribution in [0.3, 0.4) is 0 Å². The van der Waals surface area contributed by atoms with E-state index in [4.69, 9.17) is 19.0 Å². The molecule has 0 atom stereocenters. The quantitative estimate of drug-likeness (QED) is 0.663. The van der Waals surface area contributed by atoms with Crippen molar-refractivity contribution in [3.8, 4) is 17.2 Å². The second-order valence-corrected chi connectivity index (χ2v) is 7.43. The fourth-order valence-corrected chi connectivity index (χ4v) is 2.80. The third-order valence-electron chi connectivity index (χ3n) is 4.21. The number of carbonyl (C=O) groups is 1. The second-order valence-electron chi connectivity index (χ2n) is 7.43. The predicted molar refractivity (Wildman–Crippen MR) is 105 cm³/mol. The van der Waals surface area contributed by atoms with E-state index in [0.29, 0.717) is 22.5 Å². The summed E-state index contributed by atoms with van der Waals surface area (Å²) in [4.78, 5) is 23.4. The standard InChI is InChI=1S/C22H22O6/c1-22(2,3)16-6-4-5-7-17(16)28-19-13-27-18-12-14(26-11-10-20(23)24)8-9-15(18)21(19)25/h4-9,12-13H,10-11H2,1-3H3,(H,23,24). The van der Waals surface area contributed by atoms with Crippen LogP contribution in [0, 0.1) is 0 Å². The number of carboxylic acid groups (broad SMARTS) is 1. The first kappa shape index (κ1) is 19.5. The third kappa shape index (κ3) is 4.34. The van der Waals surface area contributed by atoms with Crippen molar-refractivity contribution >= 4 is 16.9 Å². The normalized spacial score (nSPS) is 11.4. The van der Waals surface area contributed by atoms with Gasteiger partial charge in [0.15, 0.2) is 0 Å². The van der Waals surface area contributed by atoms with E-state index >= 15 is 0 Å². The Kier molecular flexibility index (Phi) is 5.40. The molecule has 2 aromatic carbocycles. The van der Waals surface area contributed by atoms with Crippen molar-refractivity contribution < 1.29 is 23.8 Å². The lowest BCUT2D eigenvalue weighted by atomic mass is 9.86. The predicted octanol–water partition coefficient (Wildman–Crippen LogP) is 4.74. The highest BCUT2D eigenvalue weighted by Crippen LogP contribution is 2.33. The Morgan fingerprint density at radius 2 is 1.86 bits per heavy atom. The summed E-state index contributed by atoms with van der Waals surface area (Å²) in [6.45, 7) is 6.26. The van der Waals surface area contributed by atoms with E-state index in [1.807, 2.05) is 24.3 Å². The molecule has 0 aliphatic rings. The van der Waals surface area contributed by atoms with Crippen molar-refractivity contribution in [3.05, 3.63) is 64.5 Å². The van der Waals surface area contributed by atoms with Crippen LogP contribution < -0.4 is 14.9 Å². The molecular formula is C22H22O6. The molecule has 0 amide bonds. The minimum Gasteiger partial charge on any atom is -0.493 e. The Labute approximate surface area is 162 Å². The summed E-state index contributed by atoms with van der Waals surface area (Å²) in [5.74, 6) is 0.201. The van der Waals surface area contributed by atoms with Gasteiger partial charge in [0.1, 0.15) is 23.3 Å². The summed E-state index contributed by atoms with van der Waals surface area (Å²) in [7, 11) is 0. The summed E-state index contributed by atoms with van der Waals surface area (Å²) >= 11 is 0. The number of aliphatic carboxylic acids is 1. The van der Waals surface area contributed by atoms with Crippen LogP contribution in [0.2, 0.25) is 0 Å². The lowest BCUT2D eigenvalue weighted by Crippen LogP contribution is -2.13. The van der Waals surface area contributed by atoms with Gasteiger partial charge < -0.3 is 19.0 Å². The molecule has 28 heavy (non-hydrogen) atoms. The first-order chi connectivity index (χ1) is 13.3. The van der Waals surface area contributed by atoms with Crippen molar-refractivity contribution in [2.24, 2.45) is 0 Å². The molecule has 146 valence electrons. The van der Waals surface area contributed by atoms with Gasteiger partial charge >= 0.3 is 5.97 Å². The van der Waals surface area contributed by atoms with Crippen molar-refractivity contribution in [2.75, 3.05) is 6.61 Å². The zero-order chi connectivity index (χ0) is 20.3. The highest BCUT2D eigenvalue weighted by atomic mass is 16.5. The molecule has 1 aromatic heterocycles. The maximum atomic E-state index is 12.8. The summed E-state index contributed by atoms with van der Waals surface area (Å²) < 4.78 is 16.8. The largest absolute Gasteiger partial charge is 0.493 e. The van der Waals surface area contributed by atoms with Crippen LogP contribution >= 0.6 is 0 Å². The van der Waals surface area contributed by atoms with Crippen LogP contribution in [-0.4, -0.2) is 17.7 Å². The number of rotatable bonds is 6. The Morgan fingerprint density at radius 3 is 2.57 bits per heavy atom. The molecule has 0 saturated heterocycles. The lowest BCUT2D eigenvalue weighted by molar-refractivity contribution is -0.137. The van der Waals surface area contributed by atoms with Crippen LogP contribution in [0.15, 0.2) is 57.9 Å². The molecular weight excluding hydrogens is 360 g/mol. The average Bonchev–Trinajstić information content (AvgIpc) is 2.63. The van der Waals surface area contributed by atoms with Crippen molar-refractivity contribution in [2.45, 2.75) is 32.6 Å². The van der Waals surface area contributed by atoms with Gasteiger partial charge in [0.25, 0.3) is 0 Å². The van der Waals surface area contributed by atoms with E-state index in [1.165, 1.54) is 6.26 Å². The zero-order valence-corrected chi connectivity index (χ0v) is 16.0. The molecule has 0 fully saturated rings. The number of carboxylic acids is 1. The number of ether oxygens (including phenoxy) is 2. The molecule has 0 saturated carbocycles. The molecule has 0 aliphatic heterocycles. The van der Waals surface area contributed by atoms with E-state index in [1.54, 1.807) is 18.2 Å². The van der Waals surface area contributed by atoms with E-state index in [-0.39, 0.29) is 29.6 Å². The molecule has 0 spiro atoms. The van der Waals surface area contributed by atoms with E-state index in [9.17, 15) is 9.59 Å². The Balaban J connectivity index is 1.90. The average molecular weight is 382 g/mol. The van der Waals surface area contributed by atoms with Crippen LogP contribution in [0.4, 0.5) is 0 Å². The van der Waals surface area contributed by atoms with E-state index in [2.05, 4.69) is 20.8 Å². The number of fused-ring (bicyclic) bond motifs is 1. The summed E-state index contributed by atoms with van der Waals surface area (Å²) in [5.41, 5.74) is 0.892. The lowest BCUT2D eigenvalue weighted by Gasteiger charge is -2.22. The molecule has 0 radical (unpaired) electrons. The second kappa shape index (κ2) is 7.76. The molecule has 1 heterocycles. The number of hydrogen-bond donors (Lipinski definition) is 1. The van der Waals surface area contributed by atoms with Crippen LogP contribution in [0.25, 0.3) is 11.0 Å². The van der Waals surface area contributed by atoms with Gasteiger partial charge in [-0.15, -0.1) is 0 Å². The SMILES string of the molecule is CC(C)(C)c1ccccc1Oc1coc2cc(OCCC(=O)O)ccc2c1=O. The Morgan fingerprint density at radius 1 is 1.11 bits per heavy atom. The monoisotopic (exact) mass is 382 g/mol. The number of benzene rings is 2. The van der Waals surface area contributed by atoms with Crippen LogP contribution in [-0.2, 0) is 10.2 Å². The van der Waals surface area contributed by atoms with E-state index in [0.717, 1.165) is 5.56 Å². The summed E-state index contributed by atoms with van der Waals surface area (Å²) in [6.07, 6.45) is 1.17. The molecule has 0 unspecified atom stereocenters. The van der Waals surface area contributed by atoms with Gasteiger partial charge in [-0.05, 0) is 23.6 Å². The molecule has 0 bridgehead atoms. The zero-order valence-electron chi connectivity index (χ0n) is 16.0.